The molecule has 1 N–H and O–H groups in total. The first kappa shape index (κ1) is 15.1. The molecule has 0 radical (unpaired) electrons. The lowest BCUT2D eigenvalue weighted by Crippen LogP contribution is -2.35. The SMILES string of the molecule is CCCNC(CSC(C)(C)C)C1=CCCCC1. The lowest BCUT2D eigenvalue weighted by molar-refractivity contribution is 0.561. The van der Waals surface area contributed by atoms with Gasteiger partial charge in [0.25, 0.3) is 0 Å². The molecule has 0 aromatic heterocycles. The number of hydrogen-bond acceptors (Lipinski definition) is 2. The van der Waals surface area contributed by atoms with Gasteiger partial charge in [0.05, 0.1) is 0 Å². The molecule has 0 spiro atoms. The lowest BCUT2D eigenvalue weighted by atomic mass is 9.94. The fraction of sp³-hybridized carbons (Fsp3) is 0.867. The quantitative estimate of drug-likeness (QED) is 0.707. The highest BCUT2D eigenvalue weighted by Gasteiger charge is 2.19. The van der Waals surface area contributed by atoms with Crippen molar-refractivity contribution in [3.8, 4) is 0 Å². The summed E-state index contributed by atoms with van der Waals surface area (Å²) in [5.74, 6) is 1.22. The Morgan fingerprint density at radius 1 is 1.35 bits per heavy atom. The monoisotopic (exact) mass is 255 g/mol. The van der Waals surface area contributed by atoms with Crippen LogP contribution in [-0.4, -0.2) is 23.1 Å². The van der Waals surface area contributed by atoms with Gasteiger partial charge in [0.2, 0.25) is 0 Å². The first-order valence-corrected chi connectivity index (χ1v) is 8.08. The summed E-state index contributed by atoms with van der Waals surface area (Å²) in [7, 11) is 0. The van der Waals surface area contributed by atoms with Crippen molar-refractivity contribution in [1.29, 1.82) is 0 Å². The molecular weight excluding hydrogens is 226 g/mol. The Bertz CT molecular complexity index is 240. The molecule has 1 atom stereocenters. The molecule has 0 amide bonds. The maximum absolute atomic E-state index is 3.72. The van der Waals surface area contributed by atoms with Crippen LogP contribution in [0.2, 0.25) is 0 Å². The van der Waals surface area contributed by atoms with Gasteiger partial charge in [-0.1, -0.05) is 39.3 Å². The van der Waals surface area contributed by atoms with Crippen LogP contribution in [0.25, 0.3) is 0 Å². The van der Waals surface area contributed by atoms with Crippen molar-refractivity contribution < 1.29 is 0 Å². The van der Waals surface area contributed by atoms with Gasteiger partial charge in [-0.2, -0.15) is 11.8 Å². The van der Waals surface area contributed by atoms with E-state index in [1.807, 2.05) is 0 Å². The molecule has 2 heteroatoms. The van der Waals surface area contributed by atoms with Crippen LogP contribution in [-0.2, 0) is 0 Å². The van der Waals surface area contributed by atoms with E-state index in [1.54, 1.807) is 5.57 Å². The van der Waals surface area contributed by atoms with Gasteiger partial charge in [-0.3, -0.25) is 0 Å². The third kappa shape index (κ3) is 6.52. The van der Waals surface area contributed by atoms with E-state index in [0.29, 0.717) is 10.8 Å². The highest BCUT2D eigenvalue weighted by Crippen LogP contribution is 2.28. The Balaban J connectivity index is 2.50. The molecule has 0 fully saturated rings. The molecule has 1 nitrogen and oxygen atoms in total. The second kappa shape index (κ2) is 7.48. The van der Waals surface area contributed by atoms with E-state index >= 15 is 0 Å². The van der Waals surface area contributed by atoms with E-state index in [9.17, 15) is 0 Å². The van der Waals surface area contributed by atoms with Gasteiger partial charge < -0.3 is 5.32 Å². The van der Waals surface area contributed by atoms with Crippen LogP contribution >= 0.6 is 11.8 Å². The molecule has 0 aromatic rings. The molecule has 0 bridgehead atoms. The molecule has 0 heterocycles. The number of allylic oxidation sites excluding steroid dienone is 1. The Kier molecular flexibility index (Phi) is 6.65. The smallest absolute Gasteiger partial charge is 0.0371 e. The summed E-state index contributed by atoms with van der Waals surface area (Å²) in [6.07, 6.45) is 9.09. The zero-order valence-electron chi connectivity index (χ0n) is 12.0. The average Bonchev–Trinajstić information content (AvgIpc) is 2.29. The van der Waals surface area contributed by atoms with Gasteiger partial charge in [0, 0.05) is 16.5 Å². The van der Waals surface area contributed by atoms with Crippen LogP contribution in [0.15, 0.2) is 11.6 Å². The van der Waals surface area contributed by atoms with E-state index in [-0.39, 0.29) is 0 Å². The van der Waals surface area contributed by atoms with Crippen LogP contribution in [0, 0.1) is 0 Å². The van der Waals surface area contributed by atoms with Gasteiger partial charge in [-0.05, 0) is 38.6 Å². The van der Waals surface area contributed by atoms with Gasteiger partial charge in [-0.25, -0.2) is 0 Å². The van der Waals surface area contributed by atoms with Gasteiger partial charge in [-0.15, -0.1) is 0 Å². The van der Waals surface area contributed by atoms with E-state index in [0.717, 1.165) is 6.54 Å². The van der Waals surface area contributed by atoms with Crippen molar-refractivity contribution in [3.63, 3.8) is 0 Å². The summed E-state index contributed by atoms with van der Waals surface area (Å²) in [5, 5.41) is 3.72. The maximum atomic E-state index is 3.72. The standard InChI is InChI=1S/C15H29NS/c1-5-11-16-14(12-17-15(2,3)4)13-9-7-6-8-10-13/h9,14,16H,5-8,10-12H2,1-4H3. The first-order valence-electron chi connectivity index (χ1n) is 7.09. The minimum absolute atomic E-state index is 0.376. The number of hydrogen-bond donors (Lipinski definition) is 1. The summed E-state index contributed by atoms with van der Waals surface area (Å²) in [6, 6.07) is 0.611. The Hall–Kier alpha value is 0.0500. The van der Waals surface area contributed by atoms with Gasteiger partial charge in [0.1, 0.15) is 0 Å². The predicted octanol–water partition coefficient (Wildman–Crippen LogP) is 4.39. The summed E-state index contributed by atoms with van der Waals surface area (Å²) in [4.78, 5) is 0. The number of rotatable bonds is 6. The van der Waals surface area contributed by atoms with E-state index < -0.39 is 0 Å². The van der Waals surface area contributed by atoms with Crippen molar-refractivity contribution in [1.82, 2.24) is 5.32 Å². The highest BCUT2D eigenvalue weighted by molar-refractivity contribution is 8.00. The fourth-order valence-corrected chi connectivity index (χ4v) is 3.13. The van der Waals surface area contributed by atoms with Crippen molar-refractivity contribution in [3.05, 3.63) is 11.6 Å². The predicted molar refractivity (Wildman–Crippen MR) is 80.8 cm³/mol. The largest absolute Gasteiger partial charge is 0.310 e. The molecule has 0 saturated carbocycles. The summed E-state index contributed by atoms with van der Waals surface area (Å²) >= 11 is 2.08. The second-order valence-corrected chi connectivity index (χ2v) is 7.80. The van der Waals surface area contributed by atoms with Crippen molar-refractivity contribution in [2.75, 3.05) is 12.3 Å². The van der Waals surface area contributed by atoms with Gasteiger partial charge in [0.15, 0.2) is 0 Å². The fourth-order valence-electron chi connectivity index (χ4n) is 2.13. The van der Waals surface area contributed by atoms with Gasteiger partial charge >= 0.3 is 0 Å². The Morgan fingerprint density at radius 3 is 2.65 bits per heavy atom. The van der Waals surface area contributed by atoms with Crippen LogP contribution < -0.4 is 5.32 Å². The topological polar surface area (TPSA) is 12.0 Å². The average molecular weight is 255 g/mol. The highest BCUT2D eigenvalue weighted by atomic mass is 32.2. The molecule has 0 aromatic carbocycles. The maximum Gasteiger partial charge on any atom is 0.0371 e. The third-order valence-corrected chi connectivity index (χ3v) is 4.46. The van der Waals surface area contributed by atoms with Crippen LogP contribution in [0.4, 0.5) is 0 Å². The molecule has 1 aliphatic rings. The normalized spacial score (nSPS) is 18.9. The van der Waals surface area contributed by atoms with E-state index in [4.69, 9.17) is 0 Å². The molecule has 17 heavy (non-hydrogen) atoms. The molecule has 0 saturated heterocycles. The van der Waals surface area contributed by atoms with E-state index in [1.165, 1.54) is 37.9 Å². The number of nitrogens with one attached hydrogen (secondary N) is 1. The van der Waals surface area contributed by atoms with Crippen LogP contribution in [0.5, 0.6) is 0 Å². The van der Waals surface area contributed by atoms with Crippen molar-refractivity contribution in [2.45, 2.75) is 70.6 Å². The summed E-state index contributed by atoms with van der Waals surface area (Å²) in [5.41, 5.74) is 1.67. The minimum Gasteiger partial charge on any atom is -0.310 e. The zero-order chi connectivity index (χ0) is 12.7. The summed E-state index contributed by atoms with van der Waals surface area (Å²) in [6.45, 7) is 10.3. The molecule has 1 unspecified atom stereocenters. The van der Waals surface area contributed by atoms with Crippen molar-refractivity contribution >= 4 is 11.8 Å². The summed E-state index contributed by atoms with van der Waals surface area (Å²) < 4.78 is 0.376. The number of thioether (sulfide) groups is 1. The Morgan fingerprint density at radius 2 is 2.12 bits per heavy atom. The molecule has 0 aliphatic heterocycles. The second-order valence-electron chi connectivity index (χ2n) is 5.95. The molecule has 1 rings (SSSR count). The van der Waals surface area contributed by atoms with E-state index in [2.05, 4.69) is 50.8 Å². The van der Waals surface area contributed by atoms with Crippen molar-refractivity contribution in [2.24, 2.45) is 0 Å². The third-order valence-electron chi connectivity index (χ3n) is 3.10. The Labute approximate surface area is 112 Å². The lowest BCUT2D eigenvalue weighted by Gasteiger charge is -2.27. The zero-order valence-corrected chi connectivity index (χ0v) is 12.8. The van der Waals surface area contributed by atoms with Crippen LogP contribution in [0.1, 0.15) is 59.8 Å². The molecule has 100 valence electrons. The molecular formula is C15H29NS. The first-order chi connectivity index (χ1) is 8.03. The minimum atomic E-state index is 0.376. The molecule has 1 aliphatic carbocycles. The van der Waals surface area contributed by atoms with Crippen LogP contribution in [0.3, 0.4) is 0 Å².